The highest BCUT2D eigenvalue weighted by Gasteiger charge is 2.26. The number of hydrogen-bond donors (Lipinski definition) is 1. The maximum Gasteiger partial charge on any atom is 0.0959 e. The lowest BCUT2D eigenvalue weighted by atomic mass is 10.1. The summed E-state index contributed by atoms with van der Waals surface area (Å²) >= 11 is 1.82. The smallest absolute Gasteiger partial charge is 0.0959 e. The first kappa shape index (κ1) is 10.1. The van der Waals surface area contributed by atoms with Crippen molar-refractivity contribution in [1.82, 2.24) is 10.3 Å². The molecule has 1 heterocycles. The van der Waals surface area contributed by atoms with Crippen LogP contribution in [0.3, 0.4) is 0 Å². The molecule has 1 aliphatic carbocycles. The predicted octanol–water partition coefficient (Wildman–Crippen LogP) is 2.91. The highest BCUT2D eigenvalue weighted by molar-refractivity contribution is 7.09. The van der Waals surface area contributed by atoms with Gasteiger partial charge < -0.3 is 5.32 Å². The summed E-state index contributed by atoms with van der Waals surface area (Å²) in [5.41, 5.74) is 1.38. The molecular formula is C11H18N2S. The molecular weight excluding hydrogens is 192 g/mol. The summed E-state index contributed by atoms with van der Waals surface area (Å²) < 4.78 is 0. The van der Waals surface area contributed by atoms with E-state index in [4.69, 9.17) is 0 Å². The molecule has 1 fully saturated rings. The third-order valence-corrected chi connectivity index (χ3v) is 3.35. The van der Waals surface area contributed by atoms with Crippen LogP contribution >= 0.6 is 11.3 Å². The van der Waals surface area contributed by atoms with Crippen molar-refractivity contribution in [1.29, 1.82) is 0 Å². The van der Waals surface area contributed by atoms with E-state index in [9.17, 15) is 0 Å². The Bertz CT molecular complexity index is 307. The standard InChI is InChI=1S/C11H18N2S/c1-11(2,3)12-6-9-7-14-10(13-9)8-4-5-8/h7-8,12H,4-6H2,1-3H3. The molecule has 14 heavy (non-hydrogen) atoms. The Hall–Kier alpha value is -0.410. The van der Waals surface area contributed by atoms with E-state index in [0.717, 1.165) is 12.5 Å². The minimum absolute atomic E-state index is 0.184. The van der Waals surface area contributed by atoms with Crippen molar-refractivity contribution in [3.05, 3.63) is 16.1 Å². The molecule has 1 aromatic heterocycles. The third kappa shape index (κ3) is 2.79. The predicted molar refractivity (Wildman–Crippen MR) is 60.7 cm³/mol. The van der Waals surface area contributed by atoms with E-state index in [0.29, 0.717) is 0 Å². The fourth-order valence-electron chi connectivity index (χ4n) is 1.28. The molecule has 0 amide bonds. The van der Waals surface area contributed by atoms with Crippen LogP contribution in [0.15, 0.2) is 5.38 Å². The molecule has 0 unspecified atom stereocenters. The quantitative estimate of drug-likeness (QED) is 0.829. The second-order valence-corrected chi connectivity index (χ2v) is 5.94. The summed E-state index contributed by atoms with van der Waals surface area (Å²) in [6.45, 7) is 7.44. The normalized spacial score (nSPS) is 17.4. The molecule has 78 valence electrons. The van der Waals surface area contributed by atoms with Crippen molar-refractivity contribution in [2.45, 2.75) is 51.6 Å². The van der Waals surface area contributed by atoms with Gasteiger partial charge in [-0.25, -0.2) is 4.98 Å². The van der Waals surface area contributed by atoms with Crippen LogP contribution in [0.2, 0.25) is 0 Å². The van der Waals surface area contributed by atoms with E-state index in [-0.39, 0.29) is 5.54 Å². The summed E-state index contributed by atoms with van der Waals surface area (Å²) in [5.74, 6) is 0.795. The number of nitrogens with one attached hydrogen (secondary N) is 1. The lowest BCUT2D eigenvalue weighted by Crippen LogP contribution is -2.35. The fourth-order valence-corrected chi connectivity index (χ4v) is 2.27. The zero-order valence-corrected chi connectivity index (χ0v) is 9.95. The Morgan fingerprint density at radius 2 is 2.21 bits per heavy atom. The average Bonchev–Trinajstić information content (AvgIpc) is 2.81. The number of rotatable bonds is 3. The molecule has 1 saturated carbocycles. The Morgan fingerprint density at radius 1 is 1.50 bits per heavy atom. The van der Waals surface area contributed by atoms with Crippen LogP contribution in [-0.4, -0.2) is 10.5 Å². The van der Waals surface area contributed by atoms with Crippen LogP contribution in [0, 0.1) is 0 Å². The van der Waals surface area contributed by atoms with Gasteiger partial charge in [0.15, 0.2) is 0 Å². The Balaban J connectivity index is 1.90. The number of nitrogens with zero attached hydrogens (tertiary/aromatic N) is 1. The number of hydrogen-bond acceptors (Lipinski definition) is 3. The van der Waals surface area contributed by atoms with Gasteiger partial charge in [0.25, 0.3) is 0 Å². The van der Waals surface area contributed by atoms with Crippen molar-refractivity contribution < 1.29 is 0 Å². The minimum Gasteiger partial charge on any atom is -0.306 e. The van der Waals surface area contributed by atoms with E-state index in [2.05, 4.69) is 36.5 Å². The minimum atomic E-state index is 0.184. The third-order valence-electron chi connectivity index (χ3n) is 2.30. The van der Waals surface area contributed by atoms with Crippen molar-refractivity contribution in [2.75, 3.05) is 0 Å². The van der Waals surface area contributed by atoms with Gasteiger partial charge in [-0.15, -0.1) is 11.3 Å². The summed E-state index contributed by atoms with van der Waals surface area (Å²) in [7, 11) is 0. The van der Waals surface area contributed by atoms with Gasteiger partial charge in [-0.1, -0.05) is 0 Å². The molecule has 2 rings (SSSR count). The SMILES string of the molecule is CC(C)(C)NCc1csc(C2CC2)n1. The fraction of sp³-hybridized carbons (Fsp3) is 0.727. The summed E-state index contributed by atoms with van der Waals surface area (Å²) in [6, 6.07) is 0. The topological polar surface area (TPSA) is 24.9 Å². The van der Waals surface area contributed by atoms with Gasteiger partial charge in [0.1, 0.15) is 0 Å². The molecule has 1 aliphatic rings. The molecule has 0 aromatic carbocycles. The van der Waals surface area contributed by atoms with Crippen molar-refractivity contribution >= 4 is 11.3 Å². The zero-order valence-electron chi connectivity index (χ0n) is 9.13. The molecule has 0 aliphatic heterocycles. The van der Waals surface area contributed by atoms with Crippen molar-refractivity contribution in [3.8, 4) is 0 Å². The zero-order chi connectivity index (χ0) is 10.2. The van der Waals surface area contributed by atoms with Gasteiger partial charge in [0.05, 0.1) is 10.7 Å². The molecule has 0 atom stereocenters. The molecule has 2 nitrogen and oxygen atoms in total. The van der Waals surface area contributed by atoms with E-state index >= 15 is 0 Å². The van der Waals surface area contributed by atoms with Crippen LogP contribution in [0.5, 0.6) is 0 Å². The molecule has 1 N–H and O–H groups in total. The highest BCUT2D eigenvalue weighted by atomic mass is 32.1. The maximum absolute atomic E-state index is 4.63. The van der Waals surface area contributed by atoms with Crippen LogP contribution in [0.25, 0.3) is 0 Å². The van der Waals surface area contributed by atoms with E-state index in [1.54, 1.807) is 0 Å². The monoisotopic (exact) mass is 210 g/mol. The molecule has 3 heteroatoms. The van der Waals surface area contributed by atoms with Crippen molar-refractivity contribution in [2.24, 2.45) is 0 Å². The first-order valence-corrected chi connectivity index (χ1v) is 6.12. The number of thiazole rings is 1. The lowest BCUT2D eigenvalue weighted by molar-refractivity contribution is 0.421. The Kier molecular flexibility index (Phi) is 2.62. The van der Waals surface area contributed by atoms with Gasteiger partial charge in [-0.2, -0.15) is 0 Å². The molecule has 0 saturated heterocycles. The summed E-state index contributed by atoms with van der Waals surface area (Å²) in [5, 5.41) is 6.99. The van der Waals surface area contributed by atoms with Crippen LogP contribution in [0.1, 0.15) is 50.2 Å². The molecule has 0 bridgehead atoms. The molecule has 1 aromatic rings. The second kappa shape index (κ2) is 3.63. The highest BCUT2D eigenvalue weighted by Crippen LogP contribution is 2.41. The van der Waals surface area contributed by atoms with Crippen LogP contribution in [-0.2, 0) is 6.54 Å². The second-order valence-electron chi connectivity index (χ2n) is 5.05. The Morgan fingerprint density at radius 3 is 2.79 bits per heavy atom. The number of aromatic nitrogens is 1. The summed E-state index contributed by atoms with van der Waals surface area (Å²) in [6.07, 6.45) is 2.69. The van der Waals surface area contributed by atoms with Crippen LogP contribution < -0.4 is 5.32 Å². The van der Waals surface area contributed by atoms with Gasteiger partial charge in [-0.05, 0) is 33.6 Å². The van der Waals surface area contributed by atoms with Crippen molar-refractivity contribution in [3.63, 3.8) is 0 Å². The van der Waals surface area contributed by atoms with Gasteiger partial charge in [-0.3, -0.25) is 0 Å². The van der Waals surface area contributed by atoms with Crippen LogP contribution in [0.4, 0.5) is 0 Å². The van der Waals surface area contributed by atoms with Gasteiger partial charge >= 0.3 is 0 Å². The molecule has 0 radical (unpaired) electrons. The summed E-state index contributed by atoms with van der Waals surface area (Å²) in [4.78, 5) is 4.63. The van der Waals surface area contributed by atoms with Gasteiger partial charge in [0.2, 0.25) is 0 Å². The first-order chi connectivity index (χ1) is 6.54. The first-order valence-electron chi connectivity index (χ1n) is 5.24. The van der Waals surface area contributed by atoms with E-state index in [1.807, 2.05) is 11.3 Å². The maximum atomic E-state index is 4.63. The lowest BCUT2D eigenvalue weighted by Gasteiger charge is -2.19. The van der Waals surface area contributed by atoms with E-state index < -0.39 is 0 Å². The average molecular weight is 210 g/mol. The largest absolute Gasteiger partial charge is 0.306 e. The Labute approximate surface area is 89.8 Å². The van der Waals surface area contributed by atoms with Gasteiger partial charge in [0, 0.05) is 23.4 Å². The molecule has 0 spiro atoms. The van der Waals surface area contributed by atoms with E-state index in [1.165, 1.54) is 23.5 Å².